The zero-order valence-electron chi connectivity index (χ0n) is 19.5. The molecule has 0 atom stereocenters. The van der Waals surface area contributed by atoms with Crippen molar-refractivity contribution in [1.82, 2.24) is 9.97 Å². The highest BCUT2D eigenvalue weighted by Crippen LogP contribution is 2.38. The van der Waals surface area contributed by atoms with Crippen LogP contribution in [-0.4, -0.2) is 36.6 Å². The number of carbonyl (C=O) groups excluding carboxylic acids is 1. The lowest BCUT2D eigenvalue weighted by molar-refractivity contribution is 0.102. The lowest BCUT2D eigenvalue weighted by Crippen LogP contribution is -2.20. The highest BCUT2D eigenvalue weighted by Gasteiger charge is 2.26. The summed E-state index contributed by atoms with van der Waals surface area (Å²) in [6.07, 6.45) is 3.91. The summed E-state index contributed by atoms with van der Waals surface area (Å²) < 4.78 is 24.1. The Hall–Kier alpha value is -4.20. The number of nitrogens with one attached hydrogen (secondary N) is 1. The second kappa shape index (κ2) is 9.58. The molecular weight excluding hydrogens is 447 g/mol. The van der Waals surface area contributed by atoms with Crippen LogP contribution in [0.4, 0.5) is 21.6 Å². The number of rotatable bonds is 8. The molecule has 35 heavy (non-hydrogen) atoms. The van der Waals surface area contributed by atoms with E-state index in [9.17, 15) is 9.18 Å². The number of benzene rings is 3. The van der Waals surface area contributed by atoms with Crippen molar-refractivity contribution >= 4 is 34.1 Å². The van der Waals surface area contributed by atoms with Gasteiger partial charge in [-0.25, -0.2) is 9.37 Å². The Bertz CT molecular complexity index is 1350. The van der Waals surface area contributed by atoms with Gasteiger partial charge in [-0.15, -0.1) is 0 Å². The van der Waals surface area contributed by atoms with Gasteiger partial charge in [-0.05, 0) is 61.2 Å². The minimum absolute atomic E-state index is 0.320. The fraction of sp³-hybridized carbons (Fsp3) is 0.222. The minimum atomic E-state index is -0.399. The first kappa shape index (κ1) is 22.6. The van der Waals surface area contributed by atoms with Crippen molar-refractivity contribution < 1.29 is 18.7 Å². The lowest BCUT2D eigenvalue weighted by atomic mass is 10.2. The van der Waals surface area contributed by atoms with Gasteiger partial charge in [-0.2, -0.15) is 0 Å². The van der Waals surface area contributed by atoms with E-state index in [1.54, 1.807) is 14.2 Å². The molecule has 1 amide bonds. The highest BCUT2D eigenvalue weighted by molar-refractivity contribution is 6.04. The molecule has 0 aliphatic heterocycles. The molecule has 3 aromatic carbocycles. The number of amides is 1. The maximum atomic E-state index is 13.2. The minimum Gasteiger partial charge on any atom is -0.497 e. The number of halogens is 1. The van der Waals surface area contributed by atoms with Gasteiger partial charge < -0.3 is 19.7 Å². The van der Waals surface area contributed by atoms with Gasteiger partial charge in [0.1, 0.15) is 17.3 Å². The molecule has 0 bridgehead atoms. The van der Waals surface area contributed by atoms with Crippen molar-refractivity contribution in [3.63, 3.8) is 0 Å². The van der Waals surface area contributed by atoms with Crippen LogP contribution in [0, 0.1) is 11.7 Å². The molecule has 0 unspecified atom stereocenters. The van der Waals surface area contributed by atoms with Gasteiger partial charge in [0.05, 0.1) is 31.4 Å². The van der Waals surface area contributed by atoms with Crippen LogP contribution in [0.25, 0.3) is 11.0 Å². The van der Waals surface area contributed by atoms with Gasteiger partial charge in [-0.1, -0.05) is 0 Å². The molecule has 0 spiro atoms. The summed E-state index contributed by atoms with van der Waals surface area (Å²) in [6.45, 7) is 0.857. The van der Waals surface area contributed by atoms with Crippen LogP contribution in [0.3, 0.4) is 0 Å². The predicted molar refractivity (Wildman–Crippen MR) is 133 cm³/mol. The van der Waals surface area contributed by atoms with Crippen molar-refractivity contribution in [3.8, 4) is 11.5 Å². The second-order valence-corrected chi connectivity index (χ2v) is 8.51. The van der Waals surface area contributed by atoms with E-state index in [4.69, 9.17) is 9.47 Å². The number of aromatic nitrogens is 2. The third kappa shape index (κ3) is 5.16. The number of ether oxygens (including phenoxy) is 2. The maximum Gasteiger partial charge on any atom is 0.256 e. The lowest BCUT2D eigenvalue weighted by Gasteiger charge is -2.26. The SMILES string of the molecule is COc1cc(OC)cc(N(CC2CC2)c2ccc3ncc(NC(=O)c4ccc(F)cc4)nc3c2)c1. The largest absolute Gasteiger partial charge is 0.497 e. The van der Waals surface area contributed by atoms with Gasteiger partial charge >= 0.3 is 0 Å². The molecule has 0 saturated heterocycles. The second-order valence-electron chi connectivity index (χ2n) is 8.51. The molecule has 178 valence electrons. The van der Waals surface area contributed by atoms with Crippen LogP contribution < -0.4 is 19.7 Å². The Balaban J connectivity index is 1.47. The molecule has 0 radical (unpaired) electrons. The average Bonchev–Trinajstić information content (AvgIpc) is 3.71. The Morgan fingerprint density at radius 2 is 1.69 bits per heavy atom. The van der Waals surface area contributed by atoms with E-state index in [1.165, 1.54) is 43.3 Å². The molecule has 1 aliphatic rings. The summed E-state index contributed by atoms with van der Waals surface area (Å²) in [5, 5.41) is 2.74. The normalized spacial score (nSPS) is 12.9. The Morgan fingerprint density at radius 1 is 0.971 bits per heavy atom. The third-order valence-corrected chi connectivity index (χ3v) is 5.97. The number of fused-ring (bicyclic) bond motifs is 1. The predicted octanol–water partition coefficient (Wildman–Crippen LogP) is 5.59. The highest BCUT2D eigenvalue weighted by atomic mass is 19.1. The summed E-state index contributed by atoms with van der Waals surface area (Å²) in [5.74, 6) is 1.59. The van der Waals surface area contributed by atoms with Crippen LogP contribution >= 0.6 is 0 Å². The molecule has 8 heteroatoms. The van der Waals surface area contributed by atoms with Crippen molar-refractivity contribution in [1.29, 1.82) is 0 Å². The first-order valence-corrected chi connectivity index (χ1v) is 11.4. The van der Waals surface area contributed by atoms with Crippen LogP contribution in [-0.2, 0) is 0 Å². The van der Waals surface area contributed by atoms with Crippen molar-refractivity contribution in [2.45, 2.75) is 12.8 Å². The maximum absolute atomic E-state index is 13.2. The van der Waals surface area contributed by atoms with E-state index in [-0.39, 0.29) is 5.91 Å². The zero-order chi connectivity index (χ0) is 24.4. The van der Waals surface area contributed by atoms with Crippen LogP contribution in [0.5, 0.6) is 11.5 Å². The van der Waals surface area contributed by atoms with E-state index < -0.39 is 5.82 Å². The molecule has 7 nitrogen and oxygen atoms in total. The molecule has 1 heterocycles. The number of carbonyl (C=O) groups is 1. The van der Waals surface area contributed by atoms with E-state index in [1.807, 2.05) is 36.4 Å². The quantitative estimate of drug-likeness (QED) is 0.360. The molecule has 1 aromatic heterocycles. The first-order chi connectivity index (χ1) is 17.0. The van der Waals surface area contributed by atoms with E-state index in [0.717, 1.165) is 17.9 Å². The monoisotopic (exact) mass is 472 g/mol. The number of anilines is 3. The van der Waals surface area contributed by atoms with Gasteiger partial charge in [-0.3, -0.25) is 9.78 Å². The molecule has 1 fully saturated rings. The summed E-state index contributed by atoms with van der Waals surface area (Å²) in [7, 11) is 3.27. The number of hydrogen-bond acceptors (Lipinski definition) is 6. The fourth-order valence-electron chi connectivity index (χ4n) is 3.88. The Morgan fingerprint density at radius 3 is 2.34 bits per heavy atom. The van der Waals surface area contributed by atoms with E-state index in [2.05, 4.69) is 20.2 Å². The number of hydrogen-bond donors (Lipinski definition) is 1. The smallest absolute Gasteiger partial charge is 0.256 e. The average molecular weight is 473 g/mol. The molecule has 1 N–H and O–H groups in total. The summed E-state index contributed by atoms with van der Waals surface area (Å²) >= 11 is 0. The zero-order valence-corrected chi connectivity index (χ0v) is 19.5. The molecule has 1 aliphatic carbocycles. The summed E-state index contributed by atoms with van der Waals surface area (Å²) in [5.41, 5.74) is 3.61. The van der Waals surface area contributed by atoms with E-state index >= 15 is 0 Å². The van der Waals surface area contributed by atoms with Crippen molar-refractivity contribution in [2.24, 2.45) is 5.92 Å². The Labute approximate surface area is 202 Å². The Kier molecular flexibility index (Phi) is 6.18. The summed E-state index contributed by atoms with van der Waals surface area (Å²) in [6, 6.07) is 17.1. The van der Waals surface area contributed by atoms with Gasteiger partial charge in [0, 0.05) is 41.7 Å². The van der Waals surface area contributed by atoms with Crippen LogP contribution in [0.15, 0.2) is 66.9 Å². The fourth-order valence-corrected chi connectivity index (χ4v) is 3.88. The van der Waals surface area contributed by atoms with Crippen LogP contribution in [0.1, 0.15) is 23.2 Å². The molecule has 4 aromatic rings. The van der Waals surface area contributed by atoms with Crippen molar-refractivity contribution in [2.75, 3.05) is 31.0 Å². The third-order valence-electron chi connectivity index (χ3n) is 5.97. The van der Waals surface area contributed by atoms with Gasteiger partial charge in [0.25, 0.3) is 5.91 Å². The number of methoxy groups -OCH3 is 2. The molecule has 1 saturated carbocycles. The topological polar surface area (TPSA) is 76.6 Å². The van der Waals surface area contributed by atoms with Crippen LogP contribution in [0.2, 0.25) is 0 Å². The molecular formula is C27H25FN4O3. The molecule has 5 rings (SSSR count). The standard InChI is InChI=1S/C27H25FN4O3/c1-34-22-11-21(12-23(14-22)35-2)32(16-17-3-4-17)20-9-10-24-25(13-20)30-26(15-29-24)31-27(33)18-5-7-19(28)8-6-18/h5-15,17H,3-4,16H2,1-2H3,(H,30,31,33). The van der Waals surface area contributed by atoms with Gasteiger partial charge in [0.2, 0.25) is 0 Å². The van der Waals surface area contributed by atoms with Gasteiger partial charge in [0.15, 0.2) is 5.82 Å². The summed E-state index contributed by atoms with van der Waals surface area (Å²) in [4.78, 5) is 23.8. The van der Waals surface area contributed by atoms with Crippen molar-refractivity contribution in [3.05, 3.63) is 78.2 Å². The number of nitrogens with zero attached hydrogens (tertiary/aromatic N) is 3. The van der Waals surface area contributed by atoms with E-state index in [0.29, 0.717) is 39.8 Å². The first-order valence-electron chi connectivity index (χ1n) is 11.4.